The number of carbonyl (C=O) groups is 1. The van der Waals surface area contributed by atoms with E-state index in [9.17, 15) is 31.6 Å². The van der Waals surface area contributed by atoms with Crippen LogP contribution in [0, 0.1) is 11.6 Å². The Balaban J connectivity index is 1.55. The molecule has 0 radical (unpaired) electrons. The minimum atomic E-state index is -3.56. The van der Waals surface area contributed by atoms with Crippen LogP contribution in [-0.4, -0.2) is 42.9 Å². The van der Waals surface area contributed by atoms with E-state index in [1.54, 1.807) is 31.3 Å². The van der Waals surface area contributed by atoms with Crippen LogP contribution < -0.4 is 27.2 Å². The van der Waals surface area contributed by atoms with Gasteiger partial charge in [0.05, 0.1) is 22.5 Å². The van der Waals surface area contributed by atoms with E-state index >= 15 is 0 Å². The summed E-state index contributed by atoms with van der Waals surface area (Å²) < 4.78 is 55.9. The molecular formula is C32H29F2N5O5S2. The number of carbonyl (C=O) groups excluding carboxylic acids is 1. The first-order valence-corrected chi connectivity index (χ1v) is 17.0. The Morgan fingerprint density at radius 2 is 1.61 bits per heavy atom. The number of benzene rings is 3. The molecule has 2 amide bonds. The quantitative estimate of drug-likeness (QED) is 0.211. The second kappa shape index (κ2) is 12.3. The Labute approximate surface area is 266 Å². The number of anilines is 1. The second-order valence-corrected chi connectivity index (χ2v) is 14.1. The summed E-state index contributed by atoms with van der Waals surface area (Å²) in [5.74, 6) is -1.70. The summed E-state index contributed by atoms with van der Waals surface area (Å²) in [6, 6.07) is 15.5. The normalized spacial score (nSPS) is 13.2. The topological polar surface area (TPSA) is 131 Å². The maximum atomic E-state index is 14.9. The summed E-state index contributed by atoms with van der Waals surface area (Å²) in [5, 5.41) is 8.89. The van der Waals surface area contributed by atoms with Gasteiger partial charge < -0.3 is 16.0 Å². The Bertz CT molecular complexity index is 2190. The molecule has 0 atom stereocenters. The van der Waals surface area contributed by atoms with Crippen molar-refractivity contribution in [3.05, 3.63) is 110 Å². The molecule has 0 saturated heterocycles. The molecule has 238 valence electrons. The third kappa shape index (κ3) is 6.10. The van der Waals surface area contributed by atoms with Crippen molar-refractivity contribution in [2.45, 2.75) is 36.9 Å². The van der Waals surface area contributed by atoms with Crippen molar-refractivity contribution >= 4 is 43.1 Å². The van der Waals surface area contributed by atoms with Crippen LogP contribution in [0.15, 0.2) is 81.2 Å². The Morgan fingerprint density at radius 1 is 0.957 bits per heavy atom. The summed E-state index contributed by atoms with van der Waals surface area (Å²) >= 11 is 1.13. The Kier molecular flexibility index (Phi) is 8.35. The lowest BCUT2D eigenvalue weighted by Crippen LogP contribution is -2.39. The SMILES string of the molecule is CNCc1c(-c2ccc(NC(=O)NC3CC3)cc2)sc2c1c(=O)n(-c1ccc(S(C)(=O)=O)cc1)c(=O)n2Cc1c(F)cccc1F. The number of urea groups is 1. The number of rotatable bonds is 9. The molecule has 1 saturated carbocycles. The molecule has 2 aromatic heterocycles. The molecule has 46 heavy (non-hydrogen) atoms. The van der Waals surface area contributed by atoms with E-state index in [1.165, 1.54) is 30.3 Å². The van der Waals surface area contributed by atoms with Crippen molar-refractivity contribution in [1.82, 2.24) is 19.8 Å². The molecule has 0 aliphatic heterocycles. The smallest absolute Gasteiger partial charge is 0.335 e. The van der Waals surface area contributed by atoms with Crippen LogP contribution in [0.5, 0.6) is 0 Å². The zero-order valence-corrected chi connectivity index (χ0v) is 26.4. The molecule has 3 N–H and O–H groups in total. The molecule has 3 aromatic carbocycles. The molecule has 6 rings (SSSR count). The molecular weight excluding hydrogens is 637 g/mol. The van der Waals surface area contributed by atoms with Gasteiger partial charge in [0.15, 0.2) is 9.84 Å². The van der Waals surface area contributed by atoms with Gasteiger partial charge in [-0.25, -0.2) is 31.4 Å². The lowest BCUT2D eigenvalue weighted by Gasteiger charge is -2.14. The fraction of sp³-hybridized carbons (Fsp3) is 0.219. The van der Waals surface area contributed by atoms with E-state index in [-0.39, 0.29) is 45.0 Å². The summed E-state index contributed by atoms with van der Waals surface area (Å²) in [7, 11) is -1.86. The van der Waals surface area contributed by atoms with Crippen molar-refractivity contribution in [3.63, 3.8) is 0 Å². The van der Waals surface area contributed by atoms with E-state index < -0.39 is 39.3 Å². The number of thiophene rings is 1. The average molecular weight is 666 g/mol. The van der Waals surface area contributed by atoms with Gasteiger partial charge >= 0.3 is 11.7 Å². The molecule has 1 aliphatic rings. The number of hydrogen-bond donors (Lipinski definition) is 3. The van der Waals surface area contributed by atoms with E-state index in [0.717, 1.165) is 51.7 Å². The maximum absolute atomic E-state index is 14.9. The molecule has 10 nitrogen and oxygen atoms in total. The van der Waals surface area contributed by atoms with Crippen LogP contribution in [0.25, 0.3) is 26.3 Å². The molecule has 0 bridgehead atoms. The standard InChI is InChI=1S/C32H29F2N5O5S2/c1-35-16-23-27-29(40)39(21-12-14-22(15-13-21)46(2,43)44)32(42)38(17-24-25(33)4-3-5-26(24)34)30(27)45-28(23)18-6-8-19(9-7-18)36-31(41)37-20-10-11-20/h3-9,12-15,20,35H,10-11,16-17H2,1-2H3,(H2,36,37,41). The van der Waals surface area contributed by atoms with Crippen LogP contribution in [0.4, 0.5) is 19.3 Å². The van der Waals surface area contributed by atoms with Gasteiger partial charge in [0.1, 0.15) is 16.5 Å². The summed E-state index contributed by atoms with van der Waals surface area (Å²) in [5.41, 5.74) is 0.0363. The van der Waals surface area contributed by atoms with Gasteiger partial charge in [-0.1, -0.05) is 18.2 Å². The average Bonchev–Trinajstić information content (AvgIpc) is 3.74. The van der Waals surface area contributed by atoms with E-state index in [2.05, 4.69) is 16.0 Å². The van der Waals surface area contributed by atoms with Gasteiger partial charge in [0.25, 0.3) is 5.56 Å². The number of sulfone groups is 1. The van der Waals surface area contributed by atoms with Crippen molar-refractivity contribution in [2.75, 3.05) is 18.6 Å². The fourth-order valence-corrected chi connectivity index (χ4v) is 7.12. The first-order valence-electron chi connectivity index (χ1n) is 14.3. The third-order valence-corrected chi connectivity index (χ3v) is 10.1. The first-order chi connectivity index (χ1) is 22.0. The van der Waals surface area contributed by atoms with Gasteiger partial charge in [-0.15, -0.1) is 11.3 Å². The van der Waals surface area contributed by atoms with E-state index in [1.807, 2.05) is 0 Å². The third-order valence-electron chi connectivity index (χ3n) is 7.64. The highest BCUT2D eigenvalue weighted by Gasteiger charge is 2.26. The predicted octanol–water partition coefficient (Wildman–Crippen LogP) is 4.61. The number of halogens is 2. The highest BCUT2D eigenvalue weighted by atomic mass is 32.2. The highest BCUT2D eigenvalue weighted by molar-refractivity contribution is 7.90. The Hall–Kier alpha value is -4.66. The molecule has 5 aromatic rings. The number of hydrogen-bond acceptors (Lipinski definition) is 7. The van der Waals surface area contributed by atoms with Crippen LogP contribution in [-0.2, 0) is 22.9 Å². The number of nitrogens with one attached hydrogen (secondary N) is 3. The van der Waals surface area contributed by atoms with Crippen LogP contribution in [0.1, 0.15) is 24.0 Å². The zero-order valence-electron chi connectivity index (χ0n) is 24.8. The molecule has 0 unspecified atom stereocenters. The number of nitrogens with zero attached hydrogens (tertiary/aromatic N) is 2. The summed E-state index contributed by atoms with van der Waals surface area (Å²) in [6.45, 7) is -0.291. The molecule has 2 heterocycles. The van der Waals surface area contributed by atoms with Crippen molar-refractivity contribution in [3.8, 4) is 16.1 Å². The van der Waals surface area contributed by atoms with Crippen LogP contribution >= 0.6 is 11.3 Å². The van der Waals surface area contributed by atoms with E-state index in [4.69, 9.17) is 0 Å². The lowest BCUT2D eigenvalue weighted by atomic mass is 10.1. The summed E-state index contributed by atoms with van der Waals surface area (Å²) in [6.07, 6.45) is 2.95. The number of aromatic nitrogens is 2. The fourth-order valence-electron chi connectivity index (χ4n) is 5.18. The highest BCUT2D eigenvalue weighted by Crippen LogP contribution is 2.38. The van der Waals surface area contributed by atoms with E-state index in [0.29, 0.717) is 21.7 Å². The maximum Gasteiger partial charge on any atom is 0.337 e. The first kappa shape index (κ1) is 31.3. The van der Waals surface area contributed by atoms with Crippen molar-refractivity contribution in [2.24, 2.45) is 0 Å². The molecule has 1 fully saturated rings. The molecule has 0 spiro atoms. The van der Waals surface area contributed by atoms with Gasteiger partial charge in [0.2, 0.25) is 0 Å². The van der Waals surface area contributed by atoms with Crippen LogP contribution in [0.2, 0.25) is 0 Å². The predicted molar refractivity (Wildman–Crippen MR) is 174 cm³/mol. The zero-order chi connectivity index (χ0) is 32.7. The minimum absolute atomic E-state index is 0.00391. The largest absolute Gasteiger partial charge is 0.337 e. The van der Waals surface area contributed by atoms with Gasteiger partial charge in [0, 0.05) is 35.0 Å². The second-order valence-electron chi connectivity index (χ2n) is 11.0. The monoisotopic (exact) mass is 665 g/mol. The molecule has 1 aliphatic carbocycles. The van der Waals surface area contributed by atoms with Crippen molar-refractivity contribution in [1.29, 1.82) is 0 Å². The number of fused-ring (bicyclic) bond motifs is 1. The van der Waals surface area contributed by atoms with Crippen LogP contribution in [0.3, 0.4) is 0 Å². The Morgan fingerprint density at radius 3 is 2.20 bits per heavy atom. The minimum Gasteiger partial charge on any atom is -0.335 e. The lowest BCUT2D eigenvalue weighted by molar-refractivity contribution is 0.251. The summed E-state index contributed by atoms with van der Waals surface area (Å²) in [4.78, 5) is 41.3. The van der Waals surface area contributed by atoms with Gasteiger partial charge in [-0.3, -0.25) is 9.36 Å². The molecule has 14 heteroatoms. The van der Waals surface area contributed by atoms with Gasteiger partial charge in [-0.2, -0.15) is 0 Å². The van der Waals surface area contributed by atoms with Gasteiger partial charge in [-0.05, 0) is 79.5 Å². The number of amides is 2. The van der Waals surface area contributed by atoms with Crippen molar-refractivity contribution < 1.29 is 22.0 Å².